The largest absolute Gasteiger partial charge is 0.294 e. The summed E-state index contributed by atoms with van der Waals surface area (Å²) < 4.78 is 0. The van der Waals surface area contributed by atoms with Gasteiger partial charge in [-0.3, -0.25) is 4.79 Å². The molecule has 0 aliphatic heterocycles. The molecule has 0 amide bonds. The molecule has 0 radical (unpaired) electrons. The van der Waals surface area contributed by atoms with E-state index in [1.165, 1.54) is 57.8 Å². The Balaban J connectivity index is 1.58. The minimum Gasteiger partial charge on any atom is -0.294 e. The standard InChI is InChI=1S/C30H50O/c1-20(2)10-9-11-21(3)22-14-18-30(8)24-12-13-25-27(4,5)26(31)16-17-28(25,6)23(24)15-19-29(22,30)7/h16-17,20-25H,9-15,18-19H2,1-8H3/t21-,22-,23?,24?,25+,28-,29-,30+/m1/s1. The molecule has 2 unspecified atom stereocenters. The Bertz CT molecular complexity index is 731. The molecule has 1 heteroatoms. The fourth-order valence-electron chi connectivity index (χ4n) is 9.82. The van der Waals surface area contributed by atoms with Crippen LogP contribution in [0.1, 0.15) is 113 Å². The molecule has 0 aromatic rings. The predicted octanol–water partition coefficient (Wildman–Crippen LogP) is 8.48. The van der Waals surface area contributed by atoms with Gasteiger partial charge in [-0.1, -0.05) is 80.7 Å². The maximum atomic E-state index is 12.7. The highest BCUT2D eigenvalue weighted by Gasteiger charge is 2.66. The third kappa shape index (κ3) is 3.33. The molecule has 0 bridgehead atoms. The molecule has 4 rings (SSSR count). The number of hydrogen-bond acceptors (Lipinski definition) is 1. The number of allylic oxidation sites excluding steroid dienone is 2. The van der Waals surface area contributed by atoms with Gasteiger partial charge < -0.3 is 0 Å². The molecule has 3 saturated carbocycles. The highest BCUT2D eigenvalue weighted by atomic mass is 16.1. The van der Waals surface area contributed by atoms with Crippen LogP contribution in [0, 0.1) is 57.2 Å². The van der Waals surface area contributed by atoms with Crippen LogP contribution < -0.4 is 0 Å². The van der Waals surface area contributed by atoms with Crippen molar-refractivity contribution in [2.24, 2.45) is 57.2 Å². The molecule has 8 atom stereocenters. The van der Waals surface area contributed by atoms with Crippen molar-refractivity contribution in [3.05, 3.63) is 12.2 Å². The first kappa shape index (κ1) is 23.6. The summed E-state index contributed by atoms with van der Waals surface area (Å²) >= 11 is 0. The van der Waals surface area contributed by atoms with Crippen molar-refractivity contribution in [1.29, 1.82) is 0 Å². The van der Waals surface area contributed by atoms with E-state index < -0.39 is 0 Å². The predicted molar refractivity (Wildman–Crippen MR) is 132 cm³/mol. The molecule has 0 spiro atoms. The normalized spacial score (nSPS) is 47.1. The van der Waals surface area contributed by atoms with Crippen LogP contribution in [0.15, 0.2) is 12.2 Å². The third-order valence-corrected chi connectivity index (χ3v) is 11.9. The summed E-state index contributed by atoms with van der Waals surface area (Å²) in [6, 6.07) is 0. The molecule has 0 aromatic heterocycles. The smallest absolute Gasteiger partial charge is 0.161 e. The average Bonchev–Trinajstić information content (AvgIpc) is 2.96. The molecule has 176 valence electrons. The van der Waals surface area contributed by atoms with E-state index in [-0.39, 0.29) is 10.8 Å². The van der Waals surface area contributed by atoms with Crippen molar-refractivity contribution < 1.29 is 4.79 Å². The van der Waals surface area contributed by atoms with E-state index in [9.17, 15) is 4.79 Å². The zero-order chi connectivity index (χ0) is 22.8. The van der Waals surface area contributed by atoms with E-state index in [0.717, 1.165) is 29.6 Å². The molecule has 0 N–H and O–H groups in total. The van der Waals surface area contributed by atoms with E-state index in [4.69, 9.17) is 0 Å². The van der Waals surface area contributed by atoms with Gasteiger partial charge in [-0.15, -0.1) is 0 Å². The summed E-state index contributed by atoms with van der Waals surface area (Å²) in [6.07, 6.45) is 16.8. The highest BCUT2D eigenvalue weighted by molar-refractivity contribution is 5.95. The number of hydrogen-bond donors (Lipinski definition) is 0. The Kier molecular flexibility index (Phi) is 5.88. The van der Waals surface area contributed by atoms with E-state index in [1.807, 2.05) is 6.08 Å². The van der Waals surface area contributed by atoms with Crippen LogP contribution >= 0.6 is 0 Å². The van der Waals surface area contributed by atoms with Gasteiger partial charge in [0.15, 0.2) is 5.78 Å². The third-order valence-electron chi connectivity index (χ3n) is 11.9. The van der Waals surface area contributed by atoms with Gasteiger partial charge in [0, 0.05) is 5.41 Å². The second kappa shape index (κ2) is 7.73. The molecule has 4 aliphatic carbocycles. The molecule has 1 nitrogen and oxygen atoms in total. The van der Waals surface area contributed by atoms with E-state index in [1.54, 1.807) is 0 Å². The number of carbonyl (C=O) groups excluding carboxylic acids is 1. The van der Waals surface area contributed by atoms with Crippen molar-refractivity contribution in [2.45, 2.75) is 113 Å². The summed E-state index contributed by atoms with van der Waals surface area (Å²) in [5.74, 6) is 5.05. The van der Waals surface area contributed by atoms with Crippen molar-refractivity contribution in [2.75, 3.05) is 0 Å². The Morgan fingerprint density at radius 2 is 1.55 bits per heavy atom. The summed E-state index contributed by atoms with van der Waals surface area (Å²) in [6.45, 7) is 19.7. The fourth-order valence-corrected chi connectivity index (χ4v) is 9.82. The minimum atomic E-state index is -0.195. The Labute approximate surface area is 193 Å². The Hall–Kier alpha value is -0.590. The van der Waals surface area contributed by atoms with Crippen LogP contribution in [0.4, 0.5) is 0 Å². The molecular weight excluding hydrogens is 376 g/mol. The molecular formula is C30H50O. The monoisotopic (exact) mass is 426 g/mol. The first-order valence-corrected chi connectivity index (χ1v) is 13.6. The zero-order valence-corrected chi connectivity index (χ0v) is 21.9. The molecule has 0 saturated heterocycles. The van der Waals surface area contributed by atoms with Gasteiger partial charge in [-0.05, 0) is 96.4 Å². The lowest BCUT2D eigenvalue weighted by atomic mass is 9.39. The van der Waals surface area contributed by atoms with Crippen LogP contribution in [0.3, 0.4) is 0 Å². The molecule has 0 aromatic carbocycles. The lowest BCUT2D eigenvalue weighted by Crippen LogP contribution is -2.59. The van der Waals surface area contributed by atoms with Crippen LogP contribution in [-0.2, 0) is 4.79 Å². The number of rotatable bonds is 5. The SMILES string of the molecule is CC(C)CCC[C@@H](C)[C@H]1CC[C@@]2(C)C3CC[C@H]4C(C)(C)C(=O)C=C[C@]4(C)C3CC[C@]12C. The average molecular weight is 427 g/mol. The quantitative estimate of drug-likeness (QED) is 0.431. The summed E-state index contributed by atoms with van der Waals surface area (Å²) in [4.78, 5) is 12.7. The van der Waals surface area contributed by atoms with E-state index in [0.29, 0.717) is 22.5 Å². The molecule has 0 heterocycles. The van der Waals surface area contributed by atoms with Crippen LogP contribution in [0.5, 0.6) is 0 Å². The topological polar surface area (TPSA) is 17.1 Å². The molecule has 31 heavy (non-hydrogen) atoms. The lowest BCUT2D eigenvalue weighted by Gasteiger charge is -2.65. The van der Waals surface area contributed by atoms with Crippen molar-refractivity contribution >= 4 is 5.78 Å². The Morgan fingerprint density at radius 1 is 0.871 bits per heavy atom. The van der Waals surface area contributed by atoms with Crippen molar-refractivity contribution in [1.82, 2.24) is 0 Å². The fraction of sp³-hybridized carbons (Fsp3) is 0.900. The van der Waals surface area contributed by atoms with Gasteiger partial charge in [-0.25, -0.2) is 0 Å². The van der Waals surface area contributed by atoms with Crippen molar-refractivity contribution in [3.8, 4) is 0 Å². The molecule has 4 aliphatic rings. The second-order valence-electron chi connectivity index (χ2n) is 13.9. The van der Waals surface area contributed by atoms with Gasteiger partial charge in [-0.2, -0.15) is 0 Å². The highest BCUT2D eigenvalue weighted by Crippen LogP contribution is 2.73. The van der Waals surface area contributed by atoms with Crippen LogP contribution in [0.25, 0.3) is 0 Å². The zero-order valence-electron chi connectivity index (χ0n) is 21.9. The summed E-state index contributed by atoms with van der Waals surface area (Å²) in [7, 11) is 0. The second-order valence-corrected chi connectivity index (χ2v) is 13.9. The van der Waals surface area contributed by atoms with Crippen molar-refractivity contribution in [3.63, 3.8) is 0 Å². The van der Waals surface area contributed by atoms with Crippen LogP contribution in [-0.4, -0.2) is 5.78 Å². The van der Waals surface area contributed by atoms with E-state index >= 15 is 0 Å². The van der Waals surface area contributed by atoms with Crippen LogP contribution in [0.2, 0.25) is 0 Å². The van der Waals surface area contributed by atoms with E-state index in [2.05, 4.69) is 61.5 Å². The summed E-state index contributed by atoms with van der Waals surface area (Å²) in [5.41, 5.74) is 0.976. The van der Waals surface area contributed by atoms with Gasteiger partial charge in [0.2, 0.25) is 0 Å². The number of carbonyl (C=O) groups is 1. The Morgan fingerprint density at radius 3 is 2.23 bits per heavy atom. The maximum Gasteiger partial charge on any atom is 0.161 e. The summed E-state index contributed by atoms with van der Waals surface area (Å²) in [5, 5.41) is 0. The molecule has 3 fully saturated rings. The van der Waals surface area contributed by atoms with Gasteiger partial charge in [0.1, 0.15) is 0 Å². The van der Waals surface area contributed by atoms with Gasteiger partial charge in [0.25, 0.3) is 0 Å². The lowest BCUT2D eigenvalue weighted by molar-refractivity contribution is -0.159. The first-order valence-electron chi connectivity index (χ1n) is 13.6. The maximum absolute atomic E-state index is 12.7. The minimum absolute atomic E-state index is 0.195. The number of ketones is 1. The van der Waals surface area contributed by atoms with Gasteiger partial charge >= 0.3 is 0 Å². The first-order chi connectivity index (χ1) is 14.4. The number of fused-ring (bicyclic) bond motifs is 5. The van der Waals surface area contributed by atoms with Gasteiger partial charge in [0.05, 0.1) is 0 Å².